The number of carbonyl (C=O) groups excluding carboxylic acids is 1. The molecule has 1 aromatic heterocycles. The molecular weight excluding hydrogens is 268 g/mol. The van der Waals surface area contributed by atoms with E-state index in [1.807, 2.05) is 0 Å². The number of Topliss-reactive ketones (excluding diaryl/α,β-unsaturated/α-hetero) is 1. The zero-order valence-corrected chi connectivity index (χ0v) is 12.8. The van der Waals surface area contributed by atoms with Gasteiger partial charge in [0.05, 0.1) is 0 Å². The Morgan fingerprint density at radius 2 is 1.90 bits per heavy atom. The van der Waals surface area contributed by atoms with Gasteiger partial charge in [-0.25, -0.2) is 4.98 Å². The first-order chi connectivity index (χ1) is 9.83. The average molecular weight is 290 g/mol. The van der Waals surface area contributed by atoms with Crippen LogP contribution in [0.5, 0.6) is 0 Å². The van der Waals surface area contributed by atoms with E-state index in [9.17, 15) is 4.79 Å². The first kappa shape index (κ1) is 12.8. The summed E-state index contributed by atoms with van der Waals surface area (Å²) in [5, 5.41) is 1.14. The van der Waals surface area contributed by atoms with Gasteiger partial charge in [0, 0.05) is 23.9 Å². The number of hydrogen-bond donors (Lipinski definition) is 0. The number of aromatic nitrogens is 1. The molecule has 1 aromatic rings. The van der Waals surface area contributed by atoms with E-state index in [1.54, 1.807) is 11.3 Å². The molecule has 0 aromatic carbocycles. The number of aryl methyl sites for hydroxylation is 1. The van der Waals surface area contributed by atoms with Gasteiger partial charge in [0.2, 0.25) is 0 Å². The van der Waals surface area contributed by atoms with Crippen molar-refractivity contribution in [1.29, 1.82) is 0 Å². The molecule has 1 saturated carbocycles. The summed E-state index contributed by atoms with van der Waals surface area (Å²) in [7, 11) is 0. The van der Waals surface area contributed by atoms with Gasteiger partial charge in [-0.1, -0.05) is 12.8 Å². The lowest BCUT2D eigenvalue weighted by Crippen LogP contribution is -2.46. The van der Waals surface area contributed by atoms with E-state index in [0.29, 0.717) is 12.5 Å². The third-order valence-electron chi connectivity index (χ3n) is 5.25. The lowest BCUT2D eigenvalue weighted by atomic mass is 9.78. The van der Waals surface area contributed by atoms with Crippen LogP contribution >= 0.6 is 11.3 Å². The van der Waals surface area contributed by atoms with Crippen LogP contribution in [0.4, 0.5) is 5.13 Å². The Kier molecular flexibility index (Phi) is 3.29. The molecule has 4 heteroatoms. The molecule has 2 unspecified atom stereocenters. The fraction of sp³-hybridized carbons (Fsp3) is 0.750. The largest absolute Gasteiger partial charge is 0.345 e. The third-order valence-corrected chi connectivity index (χ3v) is 6.40. The Labute approximate surface area is 124 Å². The molecule has 0 radical (unpaired) electrons. The predicted molar refractivity (Wildman–Crippen MR) is 81.7 cm³/mol. The van der Waals surface area contributed by atoms with Crippen LogP contribution in [0.15, 0.2) is 0 Å². The lowest BCUT2D eigenvalue weighted by molar-refractivity contribution is 0.0968. The molecule has 0 bridgehead atoms. The Balaban J connectivity index is 1.64. The zero-order valence-electron chi connectivity index (χ0n) is 11.9. The first-order valence-corrected chi connectivity index (χ1v) is 8.94. The van der Waals surface area contributed by atoms with Gasteiger partial charge in [-0.2, -0.15) is 0 Å². The van der Waals surface area contributed by atoms with Crippen LogP contribution in [0.2, 0.25) is 0 Å². The summed E-state index contributed by atoms with van der Waals surface area (Å²) in [6, 6.07) is 0.695. The van der Waals surface area contributed by atoms with Crippen LogP contribution in [-0.4, -0.2) is 23.4 Å². The van der Waals surface area contributed by atoms with E-state index in [0.717, 1.165) is 36.1 Å². The van der Waals surface area contributed by atoms with Crippen molar-refractivity contribution in [1.82, 2.24) is 4.98 Å². The van der Waals surface area contributed by atoms with Crippen LogP contribution in [0.25, 0.3) is 0 Å². The van der Waals surface area contributed by atoms with Gasteiger partial charge >= 0.3 is 0 Å². The predicted octanol–water partition coefficient (Wildman–Crippen LogP) is 3.82. The van der Waals surface area contributed by atoms with Crippen LogP contribution in [0.3, 0.4) is 0 Å². The van der Waals surface area contributed by atoms with E-state index in [2.05, 4.69) is 4.90 Å². The van der Waals surface area contributed by atoms with Gasteiger partial charge in [-0.15, -0.1) is 11.3 Å². The summed E-state index contributed by atoms with van der Waals surface area (Å²) in [5.41, 5.74) is 0.800. The summed E-state index contributed by atoms with van der Waals surface area (Å²) in [6.45, 7) is 1.14. The Morgan fingerprint density at radius 3 is 2.80 bits per heavy atom. The first-order valence-electron chi connectivity index (χ1n) is 8.12. The van der Waals surface area contributed by atoms with Gasteiger partial charge in [0.25, 0.3) is 0 Å². The van der Waals surface area contributed by atoms with Crippen molar-refractivity contribution >= 4 is 22.3 Å². The van der Waals surface area contributed by atoms with Crippen molar-refractivity contribution in [3.05, 3.63) is 10.6 Å². The van der Waals surface area contributed by atoms with Crippen molar-refractivity contribution in [3.63, 3.8) is 0 Å². The maximum atomic E-state index is 12.0. The molecule has 0 amide bonds. The molecule has 20 heavy (non-hydrogen) atoms. The van der Waals surface area contributed by atoms with Crippen molar-refractivity contribution < 1.29 is 4.79 Å². The highest BCUT2D eigenvalue weighted by Crippen LogP contribution is 2.40. The molecule has 2 heterocycles. The number of ketones is 1. The summed E-state index contributed by atoms with van der Waals surface area (Å²) in [4.78, 5) is 20.5. The number of anilines is 1. The smallest absolute Gasteiger partial charge is 0.186 e. The highest BCUT2D eigenvalue weighted by atomic mass is 32.1. The van der Waals surface area contributed by atoms with Crippen LogP contribution in [0, 0.1) is 5.92 Å². The van der Waals surface area contributed by atoms with Gasteiger partial charge < -0.3 is 4.90 Å². The van der Waals surface area contributed by atoms with Gasteiger partial charge in [-0.3, -0.25) is 4.79 Å². The molecule has 1 aliphatic heterocycles. The zero-order chi connectivity index (χ0) is 13.5. The quantitative estimate of drug-likeness (QED) is 0.788. The van der Waals surface area contributed by atoms with Gasteiger partial charge in [0.1, 0.15) is 5.69 Å². The summed E-state index contributed by atoms with van der Waals surface area (Å²) in [5.74, 6) is 1.14. The van der Waals surface area contributed by atoms with E-state index in [4.69, 9.17) is 4.98 Å². The molecule has 0 spiro atoms. The number of carbonyl (C=O) groups is 1. The number of hydrogen-bond acceptors (Lipinski definition) is 4. The van der Waals surface area contributed by atoms with Crippen LogP contribution in [0.1, 0.15) is 66.7 Å². The second-order valence-electron chi connectivity index (χ2n) is 6.49. The Bertz CT molecular complexity index is 523. The fourth-order valence-electron chi connectivity index (χ4n) is 4.24. The normalized spacial score (nSPS) is 30.0. The number of piperidine rings is 1. The number of thiazole rings is 1. The molecule has 3 nitrogen and oxygen atoms in total. The molecule has 2 aliphatic carbocycles. The molecule has 2 fully saturated rings. The van der Waals surface area contributed by atoms with Gasteiger partial charge in [0.15, 0.2) is 10.9 Å². The number of nitrogens with zero attached hydrogens (tertiary/aromatic N) is 2. The second kappa shape index (κ2) is 5.14. The van der Waals surface area contributed by atoms with Crippen molar-refractivity contribution in [3.8, 4) is 0 Å². The highest BCUT2D eigenvalue weighted by Gasteiger charge is 2.35. The minimum atomic E-state index is 0.269. The molecule has 0 N–H and O–H groups in total. The Hall–Kier alpha value is -0.900. The minimum absolute atomic E-state index is 0.269. The summed E-state index contributed by atoms with van der Waals surface area (Å²) >= 11 is 1.80. The molecule has 2 atom stereocenters. The Morgan fingerprint density at radius 1 is 1.05 bits per heavy atom. The maximum absolute atomic E-state index is 12.0. The van der Waals surface area contributed by atoms with Crippen LogP contribution in [-0.2, 0) is 6.42 Å². The number of rotatable bonds is 1. The lowest BCUT2D eigenvalue weighted by Gasteiger charge is -2.44. The standard InChI is InChI=1S/C16H22N2OS/c19-13-8-3-9-14-15(13)17-16(20-14)18-10-4-6-11-5-1-2-7-12(11)18/h11-12H,1-10H2. The maximum Gasteiger partial charge on any atom is 0.186 e. The topological polar surface area (TPSA) is 33.2 Å². The molecule has 1 saturated heterocycles. The minimum Gasteiger partial charge on any atom is -0.345 e. The van der Waals surface area contributed by atoms with E-state index in [1.165, 1.54) is 43.4 Å². The van der Waals surface area contributed by atoms with Crippen molar-refractivity contribution in [2.75, 3.05) is 11.4 Å². The van der Waals surface area contributed by atoms with E-state index >= 15 is 0 Å². The number of fused-ring (bicyclic) bond motifs is 2. The van der Waals surface area contributed by atoms with Crippen molar-refractivity contribution in [2.24, 2.45) is 5.92 Å². The SMILES string of the molecule is O=C1CCCc2sc(N3CCCC4CCCCC43)nc21. The van der Waals surface area contributed by atoms with Crippen LogP contribution < -0.4 is 4.90 Å². The highest BCUT2D eigenvalue weighted by molar-refractivity contribution is 7.16. The van der Waals surface area contributed by atoms with Gasteiger partial charge in [-0.05, 0) is 44.4 Å². The molecular formula is C16H22N2OS. The van der Waals surface area contributed by atoms with E-state index < -0.39 is 0 Å². The average Bonchev–Trinajstić information content (AvgIpc) is 2.92. The van der Waals surface area contributed by atoms with Crippen molar-refractivity contribution in [2.45, 2.75) is 63.8 Å². The third kappa shape index (κ3) is 2.09. The molecule has 108 valence electrons. The molecule has 4 rings (SSSR count). The summed E-state index contributed by atoms with van der Waals surface area (Å²) in [6.07, 6.45) is 10.9. The van der Waals surface area contributed by atoms with E-state index in [-0.39, 0.29) is 5.78 Å². The monoisotopic (exact) mass is 290 g/mol. The summed E-state index contributed by atoms with van der Waals surface area (Å²) < 4.78 is 0. The fourth-order valence-corrected chi connectivity index (χ4v) is 5.44. The second-order valence-corrected chi connectivity index (χ2v) is 7.55. The molecule has 3 aliphatic rings.